The molecule has 0 aromatic heterocycles. The van der Waals surface area contributed by atoms with Gasteiger partial charge in [-0.3, -0.25) is 0 Å². The molecule has 1 saturated heterocycles. The van der Waals surface area contributed by atoms with Crippen molar-refractivity contribution in [2.24, 2.45) is 0 Å². The van der Waals surface area contributed by atoms with Gasteiger partial charge in [-0.15, -0.1) is 0 Å². The average Bonchev–Trinajstić information content (AvgIpc) is 2.30. The van der Waals surface area contributed by atoms with Crippen molar-refractivity contribution in [2.45, 2.75) is 19.2 Å². The summed E-state index contributed by atoms with van der Waals surface area (Å²) in [5, 5.41) is 3.27. The topological polar surface area (TPSA) is 21.3 Å². The standard InChI is InChI=1S/C12H16FNO/c1-9(13)10-2-4-11(5-3-10)12-8-14-6-7-15-12/h2-5,9,12,14H,6-8H2,1H3. The number of hydrogen-bond acceptors (Lipinski definition) is 2. The maximum Gasteiger partial charge on any atom is 0.122 e. The van der Waals surface area contributed by atoms with Crippen LogP contribution in [0.5, 0.6) is 0 Å². The third kappa shape index (κ3) is 2.55. The number of benzene rings is 1. The molecule has 0 spiro atoms. The number of ether oxygens (including phenoxy) is 1. The van der Waals surface area contributed by atoms with Crippen LogP contribution in [0.15, 0.2) is 24.3 Å². The van der Waals surface area contributed by atoms with Crippen LogP contribution in [0.3, 0.4) is 0 Å². The van der Waals surface area contributed by atoms with Gasteiger partial charge in [0.1, 0.15) is 6.17 Å². The van der Waals surface area contributed by atoms with E-state index in [2.05, 4.69) is 5.32 Å². The van der Waals surface area contributed by atoms with Gasteiger partial charge in [0, 0.05) is 13.1 Å². The highest BCUT2D eigenvalue weighted by Crippen LogP contribution is 2.22. The van der Waals surface area contributed by atoms with Gasteiger partial charge in [-0.25, -0.2) is 4.39 Å². The number of halogens is 1. The van der Waals surface area contributed by atoms with Crippen molar-refractivity contribution in [3.8, 4) is 0 Å². The van der Waals surface area contributed by atoms with E-state index < -0.39 is 6.17 Å². The van der Waals surface area contributed by atoms with E-state index in [0.29, 0.717) is 0 Å². The van der Waals surface area contributed by atoms with Gasteiger partial charge in [-0.2, -0.15) is 0 Å². The second-order valence-electron chi connectivity index (χ2n) is 3.85. The summed E-state index contributed by atoms with van der Waals surface area (Å²) >= 11 is 0. The Labute approximate surface area is 89.4 Å². The van der Waals surface area contributed by atoms with Gasteiger partial charge >= 0.3 is 0 Å². The first kappa shape index (κ1) is 10.6. The lowest BCUT2D eigenvalue weighted by Gasteiger charge is -2.24. The van der Waals surface area contributed by atoms with Gasteiger partial charge in [0.2, 0.25) is 0 Å². The molecule has 1 N–H and O–H groups in total. The molecule has 1 aliphatic heterocycles. The molecule has 82 valence electrons. The Bertz CT molecular complexity index is 304. The number of nitrogens with one attached hydrogen (secondary N) is 1. The molecule has 15 heavy (non-hydrogen) atoms. The highest BCUT2D eigenvalue weighted by molar-refractivity contribution is 5.25. The Kier molecular flexibility index (Phi) is 3.34. The van der Waals surface area contributed by atoms with Crippen LogP contribution in [0.2, 0.25) is 0 Å². The second-order valence-corrected chi connectivity index (χ2v) is 3.85. The van der Waals surface area contributed by atoms with Gasteiger partial charge in [-0.1, -0.05) is 24.3 Å². The number of morpholine rings is 1. The highest BCUT2D eigenvalue weighted by atomic mass is 19.1. The Morgan fingerprint density at radius 2 is 2.13 bits per heavy atom. The van der Waals surface area contributed by atoms with Crippen molar-refractivity contribution in [1.29, 1.82) is 0 Å². The van der Waals surface area contributed by atoms with Crippen LogP contribution in [0.25, 0.3) is 0 Å². The molecule has 1 aromatic rings. The summed E-state index contributed by atoms with van der Waals surface area (Å²) in [5.41, 5.74) is 1.84. The van der Waals surface area contributed by atoms with Crippen molar-refractivity contribution >= 4 is 0 Å². The molecular weight excluding hydrogens is 193 g/mol. The fourth-order valence-electron chi connectivity index (χ4n) is 1.76. The molecule has 0 amide bonds. The van der Waals surface area contributed by atoms with E-state index in [-0.39, 0.29) is 6.10 Å². The lowest BCUT2D eigenvalue weighted by atomic mass is 10.0. The molecule has 2 unspecified atom stereocenters. The summed E-state index contributed by atoms with van der Waals surface area (Å²) in [4.78, 5) is 0. The van der Waals surface area contributed by atoms with Gasteiger partial charge < -0.3 is 10.1 Å². The number of hydrogen-bond donors (Lipinski definition) is 1. The Hall–Kier alpha value is -0.930. The zero-order valence-corrected chi connectivity index (χ0v) is 8.87. The monoisotopic (exact) mass is 209 g/mol. The van der Waals surface area contributed by atoms with Crippen molar-refractivity contribution in [3.05, 3.63) is 35.4 Å². The van der Waals surface area contributed by atoms with Gasteiger partial charge in [0.25, 0.3) is 0 Å². The molecule has 3 heteroatoms. The molecule has 2 nitrogen and oxygen atoms in total. The van der Waals surface area contributed by atoms with Crippen LogP contribution in [-0.2, 0) is 4.74 Å². The van der Waals surface area contributed by atoms with Crippen molar-refractivity contribution in [2.75, 3.05) is 19.7 Å². The fourth-order valence-corrected chi connectivity index (χ4v) is 1.76. The lowest BCUT2D eigenvalue weighted by molar-refractivity contribution is 0.0277. The summed E-state index contributed by atoms with van der Waals surface area (Å²) < 4.78 is 18.6. The molecule has 1 fully saturated rings. The quantitative estimate of drug-likeness (QED) is 0.807. The summed E-state index contributed by atoms with van der Waals surface area (Å²) in [6, 6.07) is 7.56. The summed E-state index contributed by atoms with van der Waals surface area (Å²) in [6.45, 7) is 4.04. The largest absolute Gasteiger partial charge is 0.371 e. The molecule has 1 aliphatic rings. The van der Waals surface area contributed by atoms with Crippen LogP contribution < -0.4 is 5.32 Å². The highest BCUT2D eigenvalue weighted by Gasteiger charge is 2.15. The minimum absolute atomic E-state index is 0.114. The lowest BCUT2D eigenvalue weighted by Crippen LogP contribution is -2.33. The van der Waals surface area contributed by atoms with Crippen molar-refractivity contribution < 1.29 is 9.13 Å². The maximum absolute atomic E-state index is 13.0. The minimum atomic E-state index is -0.899. The molecule has 0 radical (unpaired) electrons. The van der Waals surface area contributed by atoms with Gasteiger partial charge in [-0.05, 0) is 18.1 Å². The SMILES string of the molecule is CC(F)c1ccc(C2CNCCO2)cc1. The Morgan fingerprint density at radius 3 is 2.67 bits per heavy atom. The summed E-state index contributed by atoms with van der Waals surface area (Å²) in [6.07, 6.45) is -0.785. The molecule has 2 rings (SSSR count). The van der Waals surface area contributed by atoms with Crippen LogP contribution in [-0.4, -0.2) is 19.7 Å². The number of alkyl halides is 1. The zero-order chi connectivity index (χ0) is 10.7. The summed E-state index contributed by atoms with van der Waals surface area (Å²) in [7, 11) is 0. The van der Waals surface area contributed by atoms with E-state index in [1.165, 1.54) is 0 Å². The first-order valence-corrected chi connectivity index (χ1v) is 5.33. The maximum atomic E-state index is 13.0. The third-order valence-corrected chi connectivity index (χ3v) is 2.70. The molecule has 0 bridgehead atoms. The average molecular weight is 209 g/mol. The second kappa shape index (κ2) is 4.73. The number of rotatable bonds is 2. The summed E-state index contributed by atoms with van der Waals surface area (Å²) in [5.74, 6) is 0. The third-order valence-electron chi connectivity index (χ3n) is 2.70. The van der Waals surface area contributed by atoms with Crippen LogP contribution in [0.4, 0.5) is 4.39 Å². The van der Waals surface area contributed by atoms with Crippen LogP contribution in [0, 0.1) is 0 Å². The minimum Gasteiger partial charge on any atom is -0.371 e. The van der Waals surface area contributed by atoms with Gasteiger partial charge in [0.05, 0.1) is 12.7 Å². The van der Waals surface area contributed by atoms with Crippen molar-refractivity contribution in [3.63, 3.8) is 0 Å². The van der Waals surface area contributed by atoms with E-state index in [1.54, 1.807) is 6.92 Å². The molecular formula is C12H16FNO. The van der Waals surface area contributed by atoms with E-state index >= 15 is 0 Å². The molecule has 1 aromatic carbocycles. The molecule has 0 aliphatic carbocycles. The van der Waals surface area contributed by atoms with Gasteiger partial charge in [0.15, 0.2) is 0 Å². The first-order chi connectivity index (χ1) is 7.27. The molecule has 2 atom stereocenters. The van der Waals surface area contributed by atoms with Crippen LogP contribution in [0.1, 0.15) is 30.3 Å². The van der Waals surface area contributed by atoms with Crippen LogP contribution >= 0.6 is 0 Å². The van der Waals surface area contributed by atoms with Crippen molar-refractivity contribution in [1.82, 2.24) is 5.32 Å². The fraction of sp³-hybridized carbons (Fsp3) is 0.500. The van der Waals surface area contributed by atoms with E-state index in [1.807, 2.05) is 24.3 Å². The first-order valence-electron chi connectivity index (χ1n) is 5.33. The normalized spacial score (nSPS) is 23.7. The predicted molar refractivity (Wildman–Crippen MR) is 57.5 cm³/mol. The smallest absolute Gasteiger partial charge is 0.122 e. The molecule has 1 heterocycles. The Balaban J connectivity index is 2.08. The predicted octanol–water partition coefficient (Wildman–Crippen LogP) is 2.38. The van der Waals surface area contributed by atoms with E-state index in [9.17, 15) is 4.39 Å². The van der Waals surface area contributed by atoms with E-state index in [0.717, 1.165) is 30.8 Å². The zero-order valence-electron chi connectivity index (χ0n) is 8.87. The molecule has 0 saturated carbocycles. The Morgan fingerprint density at radius 1 is 1.40 bits per heavy atom. The van der Waals surface area contributed by atoms with E-state index in [4.69, 9.17) is 4.74 Å².